The van der Waals surface area contributed by atoms with Gasteiger partial charge in [0.2, 0.25) is 12.1 Å². The van der Waals surface area contributed by atoms with Gasteiger partial charge in [-0.15, -0.1) is 0 Å². The molecule has 1 aromatic heterocycles. The van der Waals surface area contributed by atoms with Crippen LogP contribution in [0.1, 0.15) is 30.7 Å². The number of hydrogen-bond acceptors (Lipinski definition) is 5. The summed E-state index contributed by atoms with van der Waals surface area (Å²) in [6.45, 7) is 6.57. The van der Waals surface area contributed by atoms with Crippen molar-refractivity contribution in [2.24, 2.45) is 4.99 Å². The molecule has 2 aromatic carbocycles. The molecule has 9 heteroatoms. The molecule has 190 valence electrons. The number of aliphatic imine (C=N–C) groups is 1. The smallest absolute Gasteiger partial charge is 0.321 e. The van der Waals surface area contributed by atoms with Gasteiger partial charge in [0.25, 0.3) is 5.91 Å². The van der Waals surface area contributed by atoms with E-state index in [1.807, 2.05) is 57.2 Å². The van der Waals surface area contributed by atoms with Crippen molar-refractivity contribution in [3.8, 4) is 0 Å². The number of amides is 4. The van der Waals surface area contributed by atoms with E-state index < -0.39 is 18.1 Å². The van der Waals surface area contributed by atoms with Gasteiger partial charge in [0.05, 0.1) is 17.1 Å². The largest absolute Gasteiger partial charge is 0.342 e. The number of urea groups is 1. The lowest BCUT2D eigenvalue weighted by atomic mass is 10.0. The number of carbonyl (C=O) groups is 3. The van der Waals surface area contributed by atoms with Crippen LogP contribution in [0.3, 0.4) is 0 Å². The molecule has 0 aliphatic carbocycles. The number of anilines is 2. The molecular weight excluding hydrogens is 468 g/mol. The zero-order chi connectivity index (χ0) is 26.4. The molecule has 3 aromatic rings. The number of hydrogen-bond donors (Lipinski definition) is 2. The van der Waals surface area contributed by atoms with Crippen molar-refractivity contribution in [2.45, 2.75) is 26.9 Å². The minimum Gasteiger partial charge on any atom is -0.342 e. The monoisotopic (exact) mass is 498 g/mol. The number of pyridine rings is 1. The lowest BCUT2D eigenvalue weighted by Crippen LogP contribution is -2.51. The van der Waals surface area contributed by atoms with Crippen molar-refractivity contribution in [3.05, 3.63) is 89.7 Å². The van der Waals surface area contributed by atoms with Gasteiger partial charge in [-0.2, -0.15) is 0 Å². The van der Waals surface area contributed by atoms with Crippen LogP contribution in [0.5, 0.6) is 0 Å². The quantitative estimate of drug-likeness (QED) is 0.519. The highest BCUT2D eigenvalue weighted by Crippen LogP contribution is 2.28. The highest BCUT2D eigenvalue weighted by molar-refractivity contribution is 6.20. The molecule has 0 saturated carbocycles. The average Bonchev–Trinajstić information content (AvgIpc) is 3.00. The Morgan fingerprint density at radius 1 is 1.00 bits per heavy atom. The van der Waals surface area contributed by atoms with E-state index in [4.69, 9.17) is 0 Å². The van der Waals surface area contributed by atoms with Crippen LogP contribution >= 0.6 is 0 Å². The molecule has 9 nitrogen and oxygen atoms in total. The molecular formula is C28H30N6O3. The Bertz CT molecular complexity index is 1320. The number of rotatable bonds is 7. The fourth-order valence-corrected chi connectivity index (χ4v) is 4.22. The second kappa shape index (κ2) is 11.5. The second-order valence-electron chi connectivity index (χ2n) is 8.57. The number of aromatic nitrogens is 1. The third kappa shape index (κ3) is 5.83. The molecule has 2 N–H and O–H groups in total. The third-order valence-corrected chi connectivity index (χ3v) is 6.07. The van der Waals surface area contributed by atoms with E-state index in [9.17, 15) is 14.4 Å². The van der Waals surface area contributed by atoms with Crippen LogP contribution in [0.2, 0.25) is 0 Å². The van der Waals surface area contributed by atoms with Crippen molar-refractivity contribution < 1.29 is 14.4 Å². The first-order valence-corrected chi connectivity index (χ1v) is 12.2. The predicted molar refractivity (Wildman–Crippen MR) is 144 cm³/mol. The Hall–Kier alpha value is -4.53. The molecule has 1 unspecified atom stereocenters. The van der Waals surface area contributed by atoms with Crippen LogP contribution in [0.15, 0.2) is 77.9 Å². The number of nitrogens with one attached hydrogen (secondary N) is 2. The maximum Gasteiger partial charge on any atom is 0.321 e. The number of likely N-dealkylation sites (N-methyl/N-ethyl adjacent to an activating group) is 1. The molecule has 4 rings (SSSR count). The molecule has 2 heterocycles. The zero-order valence-corrected chi connectivity index (χ0v) is 21.1. The van der Waals surface area contributed by atoms with Gasteiger partial charge in [-0.25, -0.2) is 9.79 Å². The van der Waals surface area contributed by atoms with Crippen LogP contribution in [0, 0.1) is 6.92 Å². The summed E-state index contributed by atoms with van der Waals surface area (Å²) in [7, 11) is 0. The summed E-state index contributed by atoms with van der Waals surface area (Å²) in [5, 5.41) is 5.45. The number of carbonyl (C=O) groups excluding carboxylic acids is 3. The normalized spacial score (nSPS) is 14.8. The van der Waals surface area contributed by atoms with Gasteiger partial charge >= 0.3 is 6.03 Å². The lowest BCUT2D eigenvalue weighted by Gasteiger charge is -2.28. The van der Waals surface area contributed by atoms with Crippen molar-refractivity contribution in [2.75, 3.05) is 29.9 Å². The molecule has 1 aliphatic heterocycles. The van der Waals surface area contributed by atoms with Gasteiger partial charge in [-0.3, -0.25) is 19.5 Å². The molecule has 0 saturated heterocycles. The number of para-hydroxylation sites is 1. The average molecular weight is 499 g/mol. The molecule has 1 atom stereocenters. The summed E-state index contributed by atoms with van der Waals surface area (Å²) in [4.78, 5) is 52.0. The maximum absolute atomic E-state index is 13.8. The van der Waals surface area contributed by atoms with Gasteiger partial charge in [-0.1, -0.05) is 36.4 Å². The standard InChI is InChI=1S/C28H30N6O3/c1-4-33(5-2)24(35)18-34-23-15-7-6-13-21(23)25(22-14-8-9-16-29-22)31-26(27(34)36)32-28(37)30-20-12-10-11-19(3)17-20/h6-17,26H,4-5,18H2,1-3H3,(H2,30,32,37). The summed E-state index contributed by atoms with van der Waals surface area (Å²) in [5.41, 5.74) is 3.74. The fraction of sp³-hybridized carbons (Fsp3) is 0.250. The lowest BCUT2D eigenvalue weighted by molar-refractivity contribution is -0.131. The van der Waals surface area contributed by atoms with Crippen LogP contribution in [0.4, 0.5) is 16.2 Å². The number of benzodiazepines with no additional fused rings is 1. The number of benzene rings is 2. The Morgan fingerprint density at radius 3 is 2.46 bits per heavy atom. The summed E-state index contributed by atoms with van der Waals surface area (Å²) in [5.74, 6) is -0.712. The maximum atomic E-state index is 13.8. The van der Waals surface area contributed by atoms with Gasteiger partial charge in [0.15, 0.2) is 0 Å². The first-order valence-electron chi connectivity index (χ1n) is 12.2. The second-order valence-corrected chi connectivity index (χ2v) is 8.57. The SMILES string of the molecule is CCN(CC)C(=O)CN1C(=O)C(NC(=O)Nc2cccc(C)c2)N=C(c2ccccn2)c2ccccc21. The van der Waals surface area contributed by atoms with Crippen LogP contribution in [-0.2, 0) is 9.59 Å². The van der Waals surface area contributed by atoms with Gasteiger partial charge in [0, 0.05) is 30.5 Å². The van der Waals surface area contributed by atoms with Crippen molar-refractivity contribution >= 4 is 34.9 Å². The zero-order valence-electron chi connectivity index (χ0n) is 21.1. The van der Waals surface area contributed by atoms with E-state index in [2.05, 4.69) is 20.6 Å². The first kappa shape index (κ1) is 25.6. The van der Waals surface area contributed by atoms with Gasteiger partial charge < -0.3 is 15.5 Å². The minimum atomic E-state index is -1.28. The summed E-state index contributed by atoms with van der Waals surface area (Å²) >= 11 is 0. The Kier molecular flexibility index (Phi) is 7.92. The number of aryl methyl sites for hydroxylation is 1. The molecule has 0 fully saturated rings. The Morgan fingerprint density at radius 2 is 1.76 bits per heavy atom. The third-order valence-electron chi connectivity index (χ3n) is 6.07. The van der Waals surface area contributed by atoms with E-state index in [-0.39, 0.29) is 12.5 Å². The Balaban J connectivity index is 1.74. The van der Waals surface area contributed by atoms with Crippen molar-refractivity contribution in [3.63, 3.8) is 0 Å². The highest BCUT2D eigenvalue weighted by atomic mass is 16.2. The van der Waals surface area contributed by atoms with E-state index in [0.717, 1.165) is 5.56 Å². The minimum absolute atomic E-state index is 0.180. The van der Waals surface area contributed by atoms with E-state index >= 15 is 0 Å². The molecule has 4 amide bonds. The summed E-state index contributed by atoms with van der Waals surface area (Å²) in [6, 6.07) is 19.4. The molecule has 0 spiro atoms. The van der Waals surface area contributed by atoms with E-state index in [0.29, 0.717) is 41.4 Å². The van der Waals surface area contributed by atoms with Gasteiger partial charge in [-0.05, 0) is 56.7 Å². The van der Waals surface area contributed by atoms with Crippen LogP contribution < -0.4 is 15.5 Å². The predicted octanol–water partition coefficient (Wildman–Crippen LogP) is 3.59. The highest BCUT2D eigenvalue weighted by Gasteiger charge is 2.35. The summed E-state index contributed by atoms with van der Waals surface area (Å²) < 4.78 is 0. The van der Waals surface area contributed by atoms with E-state index in [1.54, 1.807) is 41.4 Å². The number of fused-ring (bicyclic) bond motifs is 1. The summed E-state index contributed by atoms with van der Waals surface area (Å²) in [6.07, 6.45) is 0.362. The number of nitrogens with zero attached hydrogens (tertiary/aromatic N) is 4. The Labute approximate surface area is 216 Å². The molecule has 1 aliphatic rings. The molecule has 0 bridgehead atoms. The van der Waals surface area contributed by atoms with Gasteiger partial charge in [0.1, 0.15) is 6.54 Å². The van der Waals surface area contributed by atoms with Crippen LogP contribution in [0.25, 0.3) is 0 Å². The first-order chi connectivity index (χ1) is 17.9. The van der Waals surface area contributed by atoms with Crippen LogP contribution in [-0.4, -0.2) is 59.2 Å². The molecule has 37 heavy (non-hydrogen) atoms. The topological polar surface area (TPSA) is 107 Å². The fourth-order valence-electron chi connectivity index (χ4n) is 4.22. The van der Waals surface area contributed by atoms with E-state index in [1.165, 1.54) is 4.90 Å². The molecule has 0 radical (unpaired) electrons. The van der Waals surface area contributed by atoms with Crippen molar-refractivity contribution in [1.82, 2.24) is 15.2 Å². The van der Waals surface area contributed by atoms with Crippen molar-refractivity contribution in [1.29, 1.82) is 0 Å².